The van der Waals surface area contributed by atoms with Crippen LogP contribution in [0.4, 0.5) is 10.5 Å². The maximum absolute atomic E-state index is 13.5. The van der Waals surface area contributed by atoms with Crippen molar-refractivity contribution >= 4 is 17.7 Å². The predicted octanol–water partition coefficient (Wildman–Crippen LogP) is 2.93. The van der Waals surface area contributed by atoms with Crippen LogP contribution in [-0.2, 0) is 9.53 Å². The van der Waals surface area contributed by atoms with E-state index >= 15 is 0 Å². The zero-order chi connectivity index (χ0) is 20.9. The Morgan fingerprint density at radius 1 is 1.00 bits per heavy atom. The normalized spacial score (nSPS) is 19.0. The predicted molar refractivity (Wildman–Crippen MR) is 114 cm³/mol. The summed E-state index contributed by atoms with van der Waals surface area (Å²) in [7, 11) is 0. The van der Waals surface area contributed by atoms with Gasteiger partial charge in [0.1, 0.15) is 12.4 Å². The Labute approximate surface area is 176 Å². The number of hydrogen-bond donors (Lipinski definition) is 0. The van der Waals surface area contributed by atoms with Crippen molar-refractivity contribution < 1.29 is 19.1 Å². The lowest BCUT2D eigenvalue weighted by Gasteiger charge is -2.39. The number of ether oxygens (including phenoxy) is 2. The van der Waals surface area contributed by atoms with Crippen molar-refractivity contribution in [1.82, 2.24) is 9.80 Å². The number of para-hydroxylation sites is 2. The molecule has 0 saturated carbocycles. The summed E-state index contributed by atoms with van der Waals surface area (Å²) in [5.41, 5.74) is 1.85. The van der Waals surface area contributed by atoms with Crippen LogP contribution in [0.3, 0.4) is 0 Å². The maximum atomic E-state index is 13.5. The number of anilines is 1. The van der Waals surface area contributed by atoms with Crippen LogP contribution in [0.15, 0.2) is 54.6 Å². The van der Waals surface area contributed by atoms with Gasteiger partial charge in [-0.2, -0.15) is 0 Å². The fourth-order valence-electron chi connectivity index (χ4n) is 3.99. The Morgan fingerprint density at radius 2 is 1.70 bits per heavy atom. The summed E-state index contributed by atoms with van der Waals surface area (Å²) in [5, 5.41) is 0. The molecule has 0 aromatic heterocycles. The third-order valence-corrected chi connectivity index (χ3v) is 5.54. The van der Waals surface area contributed by atoms with Gasteiger partial charge in [0.05, 0.1) is 24.9 Å². The molecule has 158 valence electrons. The number of carbonyl (C=O) groups excluding carboxylic acids is 2. The number of amides is 2. The molecule has 2 amide bonds. The summed E-state index contributed by atoms with van der Waals surface area (Å²) in [4.78, 5) is 31.0. The van der Waals surface area contributed by atoms with Crippen LogP contribution in [-0.4, -0.2) is 67.7 Å². The number of rotatable bonds is 4. The number of carbonyl (C=O) groups is 2. The number of benzene rings is 2. The second kappa shape index (κ2) is 9.17. The lowest BCUT2D eigenvalue weighted by molar-refractivity contribution is -0.121. The van der Waals surface area contributed by atoms with Gasteiger partial charge in [0.15, 0.2) is 0 Å². The van der Waals surface area contributed by atoms with Crippen LogP contribution in [0.1, 0.15) is 18.5 Å². The standard InChI is InChI=1S/C23H27N3O4/c1-2-29-23(28)25-14-12-24(13-15-25)16-22(27)26-19-10-6-7-11-21(19)30-17-20(26)18-8-4-3-5-9-18/h3-11,20H,2,12-17H2,1H3. The Bertz CT molecular complexity index is 881. The molecule has 2 aliphatic rings. The van der Waals surface area contributed by atoms with E-state index in [0.29, 0.717) is 45.9 Å². The summed E-state index contributed by atoms with van der Waals surface area (Å²) in [6, 6.07) is 17.5. The van der Waals surface area contributed by atoms with Crippen LogP contribution < -0.4 is 9.64 Å². The van der Waals surface area contributed by atoms with Crippen molar-refractivity contribution in [2.45, 2.75) is 13.0 Å². The number of piperazine rings is 1. The molecule has 30 heavy (non-hydrogen) atoms. The molecule has 0 bridgehead atoms. The van der Waals surface area contributed by atoms with E-state index in [0.717, 1.165) is 17.0 Å². The molecule has 0 spiro atoms. The van der Waals surface area contributed by atoms with Crippen molar-refractivity contribution in [3.8, 4) is 5.75 Å². The van der Waals surface area contributed by atoms with Gasteiger partial charge in [-0.3, -0.25) is 14.6 Å². The van der Waals surface area contributed by atoms with E-state index in [-0.39, 0.29) is 18.0 Å². The Kier molecular flexibility index (Phi) is 6.18. The smallest absolute Gasteiger partial charge is 0.409 e. The highest BCUT2D eigenvalue weighted by molar-refractivity contribution is 5.97. The van der Waals surface area contributed by atoms with E-state index in [1.165, 1.54) is 0 Å². The first-order valence-electron chi connectivity index (χ1n) is 10.4. The summed E-state index contributed by atoms with van der Waals surface area (Å²) in [5.74, 6) is 0.759. The van der Waals surface area contributed by atoms with Crippen LogP contribution in [0.2, 0.25) is 0 Å². The molecule has 1 atom stereocenters. The van der Waals surface area contributed by atoms with Gasteiger partial charge in [-0.25, -0.2) is 4.79 Å². The molecule has 2 heterocycles. The van der Waals surface area contributed by atoms with Crippen molar-refractivity contribution in [2.75, 3.05) is 50.8 Å². The quantitative estimate of drug-likeness (QED) is 0.777. The average Bonchev–Trinajstić information content (AvgIpc) is 2.79. The largest absolute Gasteiger partial charge is 0.489 e. The van der Waals surface area contributed by atoms with Crippen LogP contribution >= 0.6 is 0 Å². The highest BCUT2D eigenvalue weighted by atomic mass is 16.6. The average molecular weight is 409 g/mol. The molecule has 0 N–H and O–H groups in total. The van der Waals surface area contributed by atoms with Crippen LogP contribution in [0, 0.1) is 0 Å². The van der Waals surface area contributed by atoms with Gasteiger partial charge in [-0.1, -0.05) is 42.5 Å². The second-order valence-corrected chi connectivity index (χ2v) is 7.43. The summed E-state index contributed by atoms with van der Waals surface area (Å²) in [6.07, 6.45) is -0.283. The minimum absolute atomic E-state index is 0.0317. The first-order valence-corrected chi connectivity index (χ1v) is 10.4. The van der Waals surface area contributed by atoms with Gasteiger partial charge in [0, 0.05) is 26.2 Å². The molecule has 1 fully saturated rings. The SMILES string of the molecule is CCOC(=O)N1CCN(CC(=O)N2c3ccccc3OCC2c2ccccc2)CC1. The number of fused-ring (bicyclic) bond motifs is 1. The molecule has 1 saturated heterocycles. The maximum Gasteiger partial charge on any atom is 0.409 e. The highest BCUT2D eigenvalue weighted by Gasteiger charge is 2.34. The van der Waals surface area contributed by atoms with Gasteiger partial charge in [0.2, 0.25) is 5.91 Å². The Hall–Kier alpha value is -3.06. The summed E-state index contributed by atoms with van der Waals surface area (Å²) in [6.45, 7) is 5.31. The van der Waals surface area contributed by atoms with E-state index in [1.807, 2.05) is 59.5 Å². The van der Waals surface area contributed by atoms with Gasteiger partial charge in [0.25, 0.3) is 0 Å². The molecule has 4 rings (SSSR count). The Balaban J connectivity index is 1.49. The lowest BCUT2D eigenvalue weighted by Crippen LogP contribution is -2.52. The first kappa shape index (κ1) is 20.2. The fraction of sp³-hybridized carbons (Fsp3) is 0.391. The van der Waals surface area contributed by atoms with Crippen LogP contribution in [0.5, 0.6) is 5.75 Å². The van der Waals surface area contributed by atoms with Crippen molar-refractivity contribution in [3.05, 3.63) is 60.2 Å². The van der Waals surface area contributed by atoms with Crippen molar-refractivity contribution in [3.63, 3.8) is 0 Å². The lowest BCUT2D eigenvalue weighted by atomic mass is 10.0. The molecule has 0 radical (unpaired) electrons. The first-order chi connectivity index (χ1) is 14.7. The number of nitrogens with zero attached hydrogens (tertiary/aromatic N) is 3. The van der Waals surface area contributed by atoms with E-state index in [2.05, 4.69) is 4.90 Å². The molecule has 2 aromatic carbocycles. The van der Waals surface area contributed by atoms with E-state index in [9.17, 15) is 9.59 Å². The molecule has 7 heteroatoms. The molecule has 2 aromatic rings. The monoisotopic (exact) mass is 409 g/mol. The highest BCUT2D eigenvalue weighted by Crippen LogP contribution is 2.39. The summed E-state index contributed by atoms with van der Waals surface area (Å²) >= 11 is 0. The van der Waals surface area contributed by atoms with Crippen molar-refractivity contribution in [1.29, 1.82) is 0 Å². The van der Waals surface area contributed by atoms with Crippen LogP contribution in [0.25, 0.3) is 0 Å². The molecule has 7 nitrogen and oxygen atoms in total. The molecule has 2 aliphatic heterocycles. The van der Waals surface area contributed by atoms with E-state index < -0.39 is 0 Å². The third kappa shape index (κ3) is 4.26. The molecule has 0 aliphatic carbocycles. The van der Waals surface area contributed by atoms with Gasteiger partial charge in [-0.15, -0.1) is 0 Å². The zero-order valence-electron chi connectivity index (χ0n) is 17.2. The second-order valence-electron chi connectivity index (χ2n) is 7.43. The molecule has 1 unspecified atom stereocenters. The van der Waals surface area contributed by atoms with Gasteiger partial charge in [-0.05, 0) is 24.6 Å². The van der Waals surface area contributed by atoms with E-state index in [4.69, 9.17) is 9.47 Å². The summed E-state index contributed by atoms with van der Waals surface area (Å²) < 4.78 is 11.0. The van der Waals surface area contributed by atoms with Gasteiger partial charge < -0.3 is 14.4 Å². The van der Waals surface area contributed by atoms with Crippen molar-refractivity contribution in [2.24, 2.45) is 0 Å². The third-order valence-electron chi connectivity index (χ3n) is 5.54. The Morgan fingerprint density at radius 3 is 2.43 bits per heavy atom. The minimum atomic E-state index is -0.283. The topological polar surface area (TPSA) is 62.3 Å². The van der Waals surface area contributed by atoms with Gasteiger partial charge >= 0.3 is 6.09 Å². The minimum Gasteiger partial charge on any atom is -0.489 e. The molecular weight excluding hydrogens is 382 g/mol. The van der Waals surface area contributed by atoms with E-state index in [1.54, 1.807) is 11.8 Å². The number of hydrogen-bond acceptors (Lipinski definition) is 5. The molecular formula is C23H27N3O4. The fourth-order valence-corrected chi connectivity index (χ4v) is 3.99. The zero-order valence-corrected chi connectivity index (χ0v) is 17.2.